The second-order valence-corrected chi connectivity index (χ2v) is 7.50. The van der Waals surface area contributed by atoms with E-state index in [1.807, 2.05) is 35.2 Å². The van der Waals surface area contributed by atoms with Gasteiger partial charge in [0.2, 0.25) is 5.91 Å². The molecule has 3 rings (SSSR count). The van der Waals surface area contributed by atoms with Gasteiger partial charge in [-0.05, 0) is 43.9 Å². The van der Waals surface area contributed by atoms with Gasteiger partial charge in [0.05, 0.1) is 0 Å². The number of methoxy groups -OCH3 is 1. The number of pyridine rings is 1. The van der Waals surface area contributed by atoms with Crippen molar-refractivity contribution in [1.29, 1.82) is 0 Å². The Morgan fingerprint density at radius 2 is 1.96 bits per heavy atom. The number of amides is 1. The van der Waals surface area contributed by atoms with Gasteiger partial charge in [0.1, 0.15) is 0 Å². The molecule has 1 aromatic heterocycles. The molecule has 0 aliphatic carbocycles. The van der Waals surface area contributed by atoms with Gasteiger partial charge in [-0.1, -0.05) is 18.2 Å². The summed E-state index contributed by atoms with van der Waals surface area (Å²) in [5, 5.41) is 0.945. The van der Waals surface area contributed by atoms with Crippen molar-refractivity contribution in [3.05, 3.63) is 52.3 Å². The molecule has 0 spiro atoms. The Morgan fingerprint density at radius 1 is 1.25 bits per heavy atom. The molecular weight excluding hydrogens is 354 g/mol. The van der Waals surface area contributed by atoms with Crippen LogP contribution in [0.5, 0.6) is 0 Å². The summed E-state index contributed by atoms with van der Waals surface area (Å²) >= 11 is 0. The molecule has 1 fully saturated rings. The third kappa shape index (κ3) is 4.69. The Hall–Kier alpha value is -2.44. The van der Waals surface area contributed by atoms with Gasteiger partial charge < -0.3 is 14.6 Å². The maximum absolute atomic E-state index is 12.7. The van der Waals surface area contributed by atoms with Gasteiger partial charge in [-0.3, -0.25) is 14.5 Å². The van der Waals surface area contributed by atoms with Gasteiger partial charge >= 0.3 is 0 Å². The molecule has 0 saturated carbocycles. The summed E-state index contributed by atoms with van der Waals surface area (Å²) < 4.78 is 5.14. The lowest BCUT2D eigenvalue weighted by atomic mass is 10.1. The van der Waals surface area contributed by atoms with E-state index in [9.17, 15) is 9.59 Å². The molecule has 0 radical (unpaired) electrons. The molecule has 0 bridgehead atoms. The lowest BCUT2D eigenvalue weighted by Gasteiger charge is -2.44. The van der Waals surface area contributed by atoms with Crippen LogP contribution in [0.25, 0.3) is 17.0 Å². The van der Waals surface area contributed by atoms with Crippen molar-refractivity contribution < 1.29 is 9.53 Å². The summed E-state index contributed by atoms with van der Waals surface area (Å²) in [7, 11) is 1.72. The van der Waals surface area contributed by atoms with E-state index in [0.717, 1.165) is 30.5 Å². The number of hydrogen-bond donors (Lipinski definition) is 1. The summed E-state index contributed by atoms with van der Waals surface area (Å²) in [6, 6.07) is 10.0. The minimum atomic E-state index is -0.188. The fourth-order valence-corrected chi connectivity index (χ4v) is 3.92. The van der Waals surface area contributed by atoms with Gasteiger partial charge in [0.15, 0.2) is 0 Å². The number of carbonyl (C=O) groups excluding carboxylic acids is 1. The number of para-hydroxylation sites is 1. The number of H-pyrrole nitrogens is 1. The summed E-state index contributed by atoms with van der Waals surface area (Å²) in [6.45, 7) is 7.41. The zero-order valence-electron chi connectivity index (χ0n) is 16.9. The minimum absolute atomic E-state index is 0.0530. The highest BCUT2D eigenvalue weighted by atomic mass is 16.5. The minimum Gasteiger partial charge on any atom is -0.385 e. The van der Waals surface area contributed by atoms with Gasteiger partial charge in [0, 0.05) is 62.6 Å². The standard InChI is InChI=1S/C22H29N3O3/c1-16-14-24(15-17(2)25(16)11-6-12-28-3)21(26)10-9-19-13-18-7-4-5-8-20(18)23-22(19)27/h4-5,7-10,13,16-17H,6,11-12,14-15H2,1-3H3,(H,23,27)/b10-9+. The highest BCUT2D eigenvalue weighted by molar-refractivity contribution is 5.92. The molecule has 1 aliphatic heterocycles. The van der Waals surface area contributed by atoms with Crippen molar-refractivity contribution in [2.75, 3.05) is 33.4 Å². The number of ether oxygens (including phenoxy) is 1. The number of piperazine rings is 1. The maximum atomic E-state index is 12.7. The van der Waals surface area contributed by atoms with Crippen molar-refractivity contribution in [2.45, 2.75) is 32.4 Å². The van der Waals surface area contributed by atoms with Crippen LogP contribution in [0.3, 0.4) is 0 Å². The number of carbonyl (C=O) groups is 1. The highest BCUT2D eigenvalue weighted by Gasteiger charge is 2.30. The van der Waals surface area contributed by atoms with Crippen molar-refractivity contribution in [3.8, 4) is 0 Å². The molecule has 6 heteroatoms. The summed E-state index contributed by atoms with van der Waals surface area (Å²) in [5.41, 5.74) is 1.10. The van der Waals surface area contributed by atoms with E-state index < -0.39 is 0 Å². The predicted octanol–water partition coefficient (Wildman–Crippen LogP) is 2.50. The Kier molecular flexibility index (Phi) is 6.65. The third-order valence-corrected chi connectivity index (χ3v) is 5.37. The van der Waals surface area contributed by atoms with E-state index in [4.69, 9.17) is 4.74 Å². The third-order valence-electron chi connectivity index (χ3n) is 5.37. The van der Waals surface area contributed by atoms with Crippen LogP contribution in [-0.2, 0) is 9.53 Å². The summed E-state index contributed by atoms with van der Waals surface area (Å²) in [5.74, 6) is -0.0530. The first kappa shape index (κ1) is 20.3. The van der Waals surface area contributed by atoms with Crippen LogP contribution < -0.4 is 5.56 Å². The molecule has 2 heterocycles. The summed E-state index contributed by atoms with van der Waals surface area (Å²) in [4.78, 5) is 32.1. The van der Waals surface area contributed by atoms with E-state index in [1.165, 1.54) is 6.08 Å². The van der Waals surface area contributed by atoms with Crippen LogP contribution in [0.1, 0.15) is 25.8 Å². The van der Waals surface area contributed by atoms with Gasteiger partial charge in [-0.25, -0.2) is 0 Å². The molecule has 2 aromatic rings. The number of aromatic amines is 1. The van der Waals surface area contributed by atoms with Crippen molar-refractivity contribution in [3.63, 3.8) is 0 Å². The van der Waals surface area contributed by atoms with Gasteiger partial charge in [-0.15, -0.1) is 0 Å². The normalized spacial score (nSPS) is 20.9. The number of rotatable bonds is 6. The first-order valence-corrected chi connectivity index (χ1v) is 9.83. The Balaban J connectivity index is 1.66. The number of nitrogens with zero attached hydrogens (tertiary/aromatic N) is 2. The Labute approximate surface area is 165 Å². The molecule has 1 saturated heterocycles. The molecule has 2 atom stereocenters. The molecule has 28 heavy (non-hydrogen) atoms. The molecule has 1 aliphatic rings. The van der Waals surface area contributed by atoms with Crippen LogP contribution in [0.2, 0.25) is 0 Å². The molecule has 6 nitrogen and oxygen atoms in total. The highest BCUT2D eigenvalue weighted by Crippen LogP contribution is 2.17. The van der Waals surface area contributed by atoms with Gasteiger partial charge in [-0.2, -0.15) is 0 Å². The van der Waals surface area contributed by atoms with E-state index in [1.54, 1.807) is 13.2 Å². The largest absolute Gasteiger partial charge is 0.385 e. The first-order valence-electron chi connectivity index (χ1n) is 9.83. The number of nitrogens with one attached hydrogen (secondary N) is 1. The molecular formula is C22H29N3O3. The molecule has 1 aromatic carbocycles. The molecule has 1 amide bonds. The Bertz CT molecular complexity index is 893. The smallest absolute Gasteiger partial charge is 0.255 e. The van der Waals surface area contributed by atoms with Crippen LogP contribution in [0.4, 0.5) is 0 Å². The average Bonchev–Trinajstić information content (AvgIpc) is 2.68. The van der Waals surface area contributed by atoms with E-state index in [0.29, 0.717) is 30.7 Å². The zero-order chi connectivity index (χ0) is 20.1. The van der Waals surface area contributed by atoms with E-state index in [2.05, 4.69) is 23.7 Å². The number of aromatic nitrogens is 1. The molecule has 1 N–H and O–H groups in total. The van der Waals surface area contributed by atoms with Crippen LogP contribution in [-0.4, -0.2) is 66.1 Å². The van der Waals surface area contributed by atoms with E-state index >= 15 is 0 Å². The van der Waals surface area contributed by atoms with Crippen molar-refractivity contribution in [1.82, 2.24) is 14.8 Å². The summed E-state index contributed by atoms with van der Waals surface area (Å²) in [6.07, 6.45) is 4.12. The second kappa shape index (κ2) is 9.17. The van der Waals surface area contributed by atoms with Crippen LogP contribution >= 0.6 is 0 Å². The zero-order valence-corrected chi connectivity index (χ0v) is 16.9. The quantitative estimate of drug-likeness (QED) is 0.615. The predicted molar refractivity (Wildman–Crippen MR) is 112 cm³/mol. The lowest BCUT2D eigenvalue weighted by Crippen LogP contribution is -2.58. The van der Waals surface area contributed by atoms with Crippen molar-refractivity contribution in [2.24, 2.45) is 0 Å². The average molecular weight is 383 g/mol. The van der Waals surface area contributed by atoms with Crippen LogP contribution in [0.15, 0.2) is 41.2 Å². The molecule has 150 valence electrons. The number of benzene rings is 1. The van der Waals surface area contributed by atoms with Crippen molar-refractivity contribution >= 4 is 22.9 Å². The van der Waals surface area contributed by atoms with Gasteiger partial charge in [0.25, 0.3) is 5.56 Å². The number of hydrogen-bond acceptors (Lipinski definition) is 4. The van der Waals surface area contributed by atoms with E-state index in [-0.39, 0.29) is 11.5 Å². The van der Waals surface area contributed by atoms with Crippen LogP contribution in [0, 0.1) is 0 Å². The topological polar surface area (TPSA) is 65.6 Å². The first-order chi connectivity index (χ1) is 13.5. The fraction of sp³-hybridized carbons (Fsp3) is 0.455. The Morgan fingerprint density at radius 3 is 2.68 bits per heavy atom. The monoisotopic (exact) mass is 383 g/mol. The lowest BCUT2D eigenvalue weighted by molar-refractivity contribution is -0.130. The second-order valence-electron chi connectivity index (χ2n) is 7.50. The maximum Gasteiger partial charge on any atom is 0.255 e. The molecule has 2 unspecified atom stereocenters. The number of fused-ring (bicyclic) bond motifs is 1. The fourth-order valence-electron chi connectivity index (χ4n) is 3.92. The SMILES string of the molecule is COCCCN1C(C)CN(C(=O)/C=C/c2cc3ccccc3[nH]c2=O)CC1C.